The molecular weight excluding hydrogens is 281 g/mol. The molecule has 0 aliphatic rings. The van der Waals surface area contributed by atoms with Crippen LogP contribution >= 0.6 is 11.6 Å². The minimum atomic E-state index is -4.22. The number of carbonyl (C=O) groups excluding carboxylic acids is 1. The number of hydrogen-bond acceptors (Lipinski definition) is 2. The molecular formula is C13H14ClF3O2. The third kappa shape index (κ3) is 7.06. The van der Waals surface area contributed by atoms with Gasteiger partial charge < -0.3 is 4.74 Å². The highest BCUT2D eigenvalue weighted by Gasteiger charge is 2.30. The molecule has 0 saturated carbocycles. The first-order valence-corrected chi connectivity index (χ1v) is 6.23. The van der Waals surface area contributed by atoms with E-state index in [1.807, 2.05) is 0 Å². The van der Waals surface area contributed by atoms with Crippen LogP contribution in [0.5, 0.6) is 5.75 Å². The molecule has 6 heteroatoms. The average molecular weight is 295 g/mol. The molecule has 1 aromatic carbocycles. The van der Waals surface area contributed by atoms with Crippen molar-refractivity contribution in [2.24, 2.45) is 0 Å². The molecule has 0 N–H and O–H groups in total. The smallest absolute Gasteiger partial charge is 0.390 e. The number of alkyl halides is 4. The third-order valence-electron chi connectivity index (χ3n) is 2.40. The van der Waals surface area contributed by atoms with Crippen LogP contribution in [-0.4, -0.2) is 24.4 Å². The molecule has 0 saturated heterocycles. The number of halogens is 4. The summed E-state index contributed by atoms with van der Waals surface area (Å²) in [7, 11) is 0. The van der Waals surface area contributed by atoms with Gasteiger partial charge in [0.25, 0.3) is 0 Å². The summed E-state index contributed by atoms with van der Waals surface area (Å²) in [5.41, 5.74) is 0.540. The number of carbonyl (C=O) groups is 1. The maximum Gasteiger partial charge on any atom is 0.390 e. The van der Waals surface area contributed by atoms with Gasteiger partial charge in [-0.05, 0) is 37.1 Å². The maximum absolute atomic E-state index is 12.0. The number of aldehydes is 1. The van der Waals surface area contributed by atoms with Gasteiger partial charge in [-0.3, -0.25) is 4.79 Å². The number of ether oxygens (including phenoxy) is 1. The first-order valence-electron chi connectivity index (χ1n) is 5.79. The summed E-state index contributed by atoms with van der Waals surface area (Å²) in [5.74, 6) is 0.576. The van der Waals surface area contributed by atoms with Crippen molar-refractivity contribution in [3.63, 3.8) is 0 Å². The van der Waals surface area contributed by atoms with Gasteiger partial charge >= 0.3 is 6.18 Å². The molecule has 19 heavy (non-hydrogen) atoms. The maximum atomic E-state index is 12.0. The molecule has 1 unspecified atom stereocenters. The SMILES string of the molecule is O=Cc1ccc(OCCCC(Cl)CC(F)(F)F)cc1. The van der Waals surface area contributed by atoms with Crippen molar-refractivity contribution < 1.29 is 22.7 Å². The summed E-state index contributed by atoms with van der Waals surface area (Å²) in [6.45, 7) is 0.293. The van der Waals surface area contributed by atoms with Crippen molar-refractivity contribution in [1.82, 2.24) is 0 Å². The van der Waals surface area contributed by atoms with E-state index >= 15 is 0 Å². The zero-order chi connectivity index (χ0) is 14.3. The van der Waals surface area contributed by atoms with Crippen LogP contribution in [0.1, 0.15) is 29.6 Å². The largest absolute Gasteiger partial charge is 0.494 e. The summed E-state index contributed by atoms with van der Waals surface area (Å²) in [4.78, 5) is 10.4. The molecule has 1 atom stereocenters. The van der Waals surface area contributed by atoms with Crippen molar-refractivity contribution in [3.05, 3.63) is 29.8 Å². The van der Waals surface area contributed by atoms with Crippen LogP contribution < -0.4 is 4.74 Å². The highest BCUT2D eigenvalue weighted by molar-refractivity contribution is 6.20. The van der Waals surface area contributed by atoms with Crippen molar-refractivity contribution in [1.29, 1.82) is 0 Å². The Balaban J connectivity index is 2.21. The highest BCUT2D eigenvalue weighted by atomic mass is 35.5. The van der Waals surface area contributed by atoms with Gasteiger partial charge in [-0.1, -0.05) is 0 Å². The lowest BCUT2D eigenvalue weighted by molar-refractivity contribution is -0.134. The lowest BCUT2D eigenvalue weighted by Gasteiger charge is -2.12. The Kier molecular flexibility index (Phi) is 6.15. The topological polar surface area (TPSA) is 26.3 Å². The normalized spacial score (nSPS) is 13.1. The number of rotatable bonds is 7. The first kappa shape index (κ1) is 15.8. The molecule has 0 amide bonds. The second-order valence-electron chi connectivity index (χ2n) is 4.09. The molecule has 106 valence electrons. The van der Waals surface area contributed by atoms with Gasteiger partial charge in [-0.15, -0.1) is 11.6 Å². The summed E-state index contributed by atoms with van der Waals surface area (Å²) < 4.78 is 41.4. The van der Waals surface area contributed by atoms with Gasteiger partial charge in [0, 0.05) is 10.9 Å². The quantitative estimate of drug-likeness (QED) is 0.427. The fraction of sp³-hybridized carbons (Fsp3) is 0.462. The van der Waals surface area contributed by atoms with Crippen LogP contribution in [0, 0.1) is 0 Å². The second kappa shape index (κ2) is 7.38. The van der Waals surface area contributed by atoms with Crippen molar-refractivity contribution in [3.8, 4) is 5.75 Å². The Hall–Kier alpha value is -1.23. The lowest BCUT2D eigenvalue weighted by Crippen LogP contribution is -2.15. The van der Waals surface area contributed by atoms with Gasteiger partial charge in [0.2, 0.25) is 0 Å². The molecule has 0 aliphatic heterocycles. The Morgan fingerprint density at radius 3 is 2.42 bits per heavy atom. The Morgan fingerprint density at radius 1 is 1.26 bits per heavy atom. The van der Waals surface area contributed by atoms with Crippen LogP contribution in [0.3, 0.4) is 0 Å². The average Bonchev–Trinajstić information content (AvgIpc) is 2.33. The molecule has 2 nitrogen and oxygen atoms in total. The molecule has 0 heterocycles. The van der Waals surface area contributed by atoms with Crippen LogP contribution in [0.15, 0.2) is 24.3 Å². The monoisotopic (exact) mass is 294 g/mol. The number of benzene rings is 1. The predicted octanol–water partition coefficient (Wildman–Crippen LogP) is 4.22. The molecule has 1 aromatic rings. The fourth-order valence-corrected chi connectivity index (χ4v) is 1.82. The molecule has 0 bridgehead atoms. The highest BCUT2D eigenvalue weighted by Crippen LogP contribution is 2.26. The van der Waals surface area contributed by atoms with E-state index in [1.165, 1.54) is 0 Å². The minimum absolute atomic E-state index is 0.244. The second-order valence-corrected chi connectivity index (χ2v) is 4.71. The third-order valence-corrected chi connectivity index (χ3v) is 2.77. The van der Waals surface area contributed by atoms with E-state index in [1.54, 1.807) is 24.3 Å². The van der Waals surface area contributed by atoms with Gasteiger partial charge in [0.05, 0.1) is 13.0 Å². The summed E-state index contributed by atoms with van der Waals surface area (Å²) >= 11 is 5.57. The van der Waals surface area contributed by atoms with E-state index in [0.717, 1.165) is 6.29 Å². The Morgan fingerprint density at radius 2 is 1.89 bits per heavy atom. The summed E-state index contributed by atoms with van der Waals surface area (Å²) in [5, 5.41) is -0.916. The predicted molar refractivity (Wildman–Crippen MR) is 66.9 cm³/mol. The molecule has 0 aromatic heterocycles. The molecule has 0 fully saturated rings. The van der Waals surface area contributed by atoms with E-state index in [4.69, 9.17) is 16.3 Å². The van der Waals surface area contributed by atoms with E-state index in [2.05, 4.69) is 0 Å². The van der Waals surface area contributed by atoms with Gasteiger partial charge in [0.15, 0.2) is 0 Å². The summed E-state index contributed by atoms with van der Waals surface area (Å²) in [6.07, 6.45) is -3.80. The molecule has 0 aliphatic carbocycles. The van der Waals surface area contributed by atoms with E-state index in [9.17, 15) is 18.0 Å². The van der Waals surface area contributed by atoms with E-state index < -0.39 is 18.0 Å². The van der Waals surface area contributed by atoms with Crippen molar-refractivity contribution in [2.45, 2.75) is 30.8 Å². The fourth-order valence-electron chi connectivity index (χ4n) is 1.49. The first-order chi connectivity index (χ1) is 8.90. The van der Waals surface area contributed by atoms with Crippen molar-refractivity contribution in [2.75, 3.05) is 6.61 Å². The van der Waals surface area contributed by atoms with E-state index in [0.29, 0.717) is 24.3 Å². The minimum Gasteiger partial charge on any atom is -0.494 e. The van der Waals surface area contributed by atoms with Crippen LogP contribution in [0.25, 0.3) is 0 Å². The van der Waals surface area contributed by atoms with Gasteiger partial charge in [-0.2, -0.15) is 13.2 Å². The lowest BCUT2D eigenvalue weighted by atomic mass is 10.2. The zero-order valence-electron chi connectivity index (χ0n) is 10.1. The number of hydrogen-bond donors (Lipinski definition) is 0. The van der Waals surface area contributed by atoms with Crippen LogP contribution in [0.4, 0.5) is 13.2 Å². The zero-order valence-corrected chi connectivity index (χ0v) is 10.9. The molecule has 0 radical (unpaired) electrons. The standard InChI is InChI=1S/C13H14ClF3O2/c14-11(8-13(15,16)17)2-1-7-19-12-5-3-10(9-18)4-6-12/h3-6,9,11H,1-2,7-8H2. The Labute approximate surface area is 114 Å². The van der Waals surface area contributed by atoms with Crippen LogP contribution in [-0.2, 0) is 0 Å². The molecule has 1 rings (SSSR count). The summed E-state index contributed by atoms with van der Waals surface area (Å²) in [6, 6.07) is 6.49. The molecule has 0 spiro atoms. The van der Waals surface area contributed by atoms with E-state index in [-0.39, 0.29) is 6.42 Å². The van der Waals surface area contributed by atoms with Gasteiger partial charge in [-0.25, -0.2) is 0 Å². The van der Waals surface area contributed by atoms with Crippen molar-refractivity contribution >= 4 is 17.9 Å². The Bertz CT molecular complexity index is 390. The van der Waals surface area contributed by atoms with Crippen LogP contribution in [0.2, 0.25) is 0 Å². The van der Waals surface area contributed by atoms with Gasteiger partial charge in [0.1, 0.15) is 12.0 Å².